The Balaban J connectivity index is -0.000000167. The van der Waals surface area contributed by atoms with Gasteiger partial charge in [-0.2, -0.15) is 0 Å². The molecule has 0 aromatic heterocycles. The van der Waals surface area contributed by atoms with Crippen LogP contribution in [0.25, 0.3) is 0 Å². The van der Waals surface area contributed by atoms with Gasteiger partial charge < -0.3 is 16.8 Å². The van der Waals surface area contributed by atoms with Gasteiger partial charge in [-0.1, -0.05) is 0 Å². The van der Waals surface area contributed by atoms with Crippen molar-refractivity contribution in [3.8, 4) is 0 Å². The Kier molecular flexibility index (Phi) is 40.5. The number of nitrogens with two attached hydrogens (primary N) is 2. The molecule has 92 valence electrons. The van der Waals surface area contributed by atoms with Crippen molar-refractivity contribution in [2.45, 2.75) is 25.7 Å². The fourth-order valence-electron chi connectivity index (χ4n) is 0.914. The molecule has 0 aliphatic rings. The molecule has 0 radical (unpaired) electrons. The minimum Gasteiger partial charge on any atom is -0.330 e. The van der Waals surface area contributed by atoms with Crippen LogP contribution in [0.2, 0.25) is 0 Å². The normalized spacial score (nSPS) is 8.14. The molecule has 0 aromatic rings. The van der Waals surface area contributed by atoms with Gasteiger partial charge in [0, 0.05) is 0 Å². The zero-order chi connectivity index (χ0) is 8.36. The van der Waals surface area contributed by atoms with Crippen molar-refractivity contribution in [2.24, 2.45) is 11.5 Å². The van der Waals surface area contributed by atoms with Crippen LogP contribution in [-0.2, 0) is 0 Å². The van der Waals surface area contributed by atoms with Crippen molar-refractivity contribution in [3.63, 3.8) is 0 Å². The molecule has 0 heterocycles. The van der Waals surface area contributed by atoms with Gasteiger partial charge in [0.15, 0.2) is 0 Å². The lowest BCUT2D eigenvalue weighted by molar-refractivity contribution is 0.595. The molecule has 5 N–H and O–H groups in total. The second-order valence-electron chi connectivity index (χ2n) is 2.74. The Hall–Kier alpha value is 0.750. The lowest BCUT2D eigenvalue weighted by Crippen LogP contribution is -2.18. The van der Waals surface area contributed by atoms with Crippen molar-refractivity contribution in [3.05, 3.63) is 0 Å². The Morgan fingerprint density at radius 1 is 0.643 bits per heavy atom. The number of hydrogen-bond acceptors (Lipinski definition) is 3. The van der Waals surface area contributed by atoms with Gasteiger partial charge in [-0.25, -0.2) is 0 Å². The quantitative estimate of drug-likeness (QED) is 0.582. The van der Waals surface area contributed by atoms with E-state index in [4.69, 9.17) is 11.5 Å². The molecule has 0 saturated carbocycles. The summed E-state index contributed by atoms with van der Waals surface area (Å²) in [6.45, 7) is 3.82. The van der Waals surface area contributed by atoms with E-state index in [9.17, 15) is 0 Å². The van der Waals surface area contributed by atoms with E-state index in [-0.39, 0.29) is 37.2 Å². The number of nitrogens with one attached hydrogen (secondary N) is 1. The minimum atomic E-state index is 0. The summed E-state index contributed by atoms with van der Waals surface area (Å²) in [6.07, 6.45) is 4.64. The summed E-state index contributed by atoms with van der Waals surface area (Å²) in [5.74, 6) is 0. The zero-order valence-electron chi connectivity index (χ0n) is 8.54. The maximum Gasteiger partial charge on any atom is -0.00484 e. The van der Waals surface area contributed by atoms with Crippen molar-refractivity contribution >= 4 is 37.2 Å². The van der Waals surface area contributed by atoms with Gasteiger partial charge in [0.1, 0.15) is 0 Å². The predicted octanol–water partition coefficient (Wildman–Crippen LogP) is 1.32. The summed E-state index contributed by atoms with van der Waals surface area (Å²) in [4.78, 5) is 0. The molecule has 0 spiro atoms. The highest BCUT2D eigenvalue weighted by molar-refractivity contribution is 5.86. The highest BCUT2D eigenvalue weighted by Gasteiger charge is 1.87. The highest BCUT2D eigenvalue weighted by atomic mass is 35.5. The van der Waals surface area contributed by atoms with Crippen molar-refractivity contribution < 1.29 is 0 Å². The molecule has 0 aliphatic carbocycles. The van der Waals surface area contributed by atoms with Gasteiger partial charge in [-0.05, 0) is 51.9 Å². The Morgan fingerprint density at radius 3 is 1.29 bits per heavy atom. The van der Waals surface area contributed by atoms with E-state index in [2.05, 4.69) is 5.32 Å². The first-order chi connectivity index (χ1) is 5.41. The summed E-state index contributed by atoms with van der Waals surface area (Å²) in [7, 11) is 0. The Bertz CT molecular complexity index is 68.9. The maximum atomic E-state index is 5.35. The van der Waals surface area contributed by atoms with E-state index in [1.807, 2.05) is 0 Å². The molecule has 14 heavy (non-hydrogen) atoms. The number of hydrogen-bond donors (Lipinski definition) is 3. The van der Waals surface area contributed by atoms with Crippen LogP contribution in [0.5, 0.6) is 0 Å². The van der Waals surface area contributed by atoms with Gasteiger partial charge in [0.2, 0.25) is 0 Å². The van der Waals surface area contributed by atoms with E-state index in [0.29, 0.717) is 0 Å². The fraction of sp³-hybridized carbons (Fsp3) is 1.00. The number of rotatable bonds is 8. The van der Waals surface area contributed by atoms with E-state index >= 15 is 0 Å². The second-order valence-corrected chi connectivity index (χ2v) is 2.74. The molecule has 0 amide bonds. The van der Waals surface area contributed by atoms with Crippen molar-refractivity contribution in [1.29, 1.82) is 0 Å². The van der Waals surface area contributed by atoms with Crippen LogP contribution >= 0.6 is 37.2 Å². The van der Waals surface area contributed by atoms with Crippen LogP contribution < -0.4 is 16.8 Å². The lowest BCUT2D eigenvalue weighted by atomic mass is 10.3. The number of unbranched alkanes of at least 4 members (excludes halogenated alkanes) is 2. The minimum absolute atomic E-state index is 0. The van der Waals surface area contributed by atoms with Crippen molar-refractivity contribution in [1.82, 2.24) is 5.32 Å². The average molecular weight is 269 g/mol. The molecule has 6 heteroatoms. The summed E-state index contributed by atoms with van der Waals surface area (Å²) in [6, 6.07) is 0. The van der Waals surface area contributed by atoms with Crippen LogP contribution in [0.1, 0.15) is 25.7 Å². The summed E-state index contributed by atoms with van der Waals surface area (Å²) in [5, 5.41) is 3.34. The molecule has 0 unspecified atom stereocenters. The van der Waals surface area contributed by atoms with E-state index < -0.39 is 0 Å². The molecule has 0 fully saturated rings. The van der Waals surface area contributed by atoms with E-state index in [1.165, 1.54) is 12.8 Å². The van der Waals surface area contributed by atoms with Gasteiger partial charge in [0.05, 0.1) is 0 Å². The first-order valence-corrected chi connectivity index (χ1v) is 4.52. The number of halogens is 3. The van der Waals surface area contributed by atoms with Gasteiger partial charge >= 0.3 is 0 Å². The third-order valence-corrected chi connectivity index (χ3v) is 1.62. The molecule has 0 bridgehead atoms. The Morgan fingerprint density at radius 2 is 1.00 bits per heavy atom. The third-order valence-electron chi connectivity index (χ3n) is 1.62. The topological polar surface area (TPSA) is 64.1 Å². The first-order valence-electron chi connectivity index (χ1n) is 4.52. The highest BCUT2D eigenvalue weighted by Crippen LogP contribution is 1.85. The van der Waals surface area contributed by atoms with E-state index in [1.54, 1.807) is 0 Å². The van der Waals surface area contributed by atoms with Crippen LogP contribution in [0.3, 0.4) is 0 Å². The smallest absolute Gasteiger partial charge is 0.00484 e. The molecule has 0 saturated heterocycles. The van der Waals surface area contributed by atoms with Crippen LogP contribution in [0.15, 0.2) is 0 Å². The third kappa shape index (κ3) is 23.0. The molecule has 0 aromatic carbocycles. The summed E-state index contributed by atoms with van der Waals surface area (Å²) >= 11 is 0. The Labute approximate surface area is 106 Å². The lowest BCUT2D eigenvalue weighted by Gasteiger charge is -2.02. The second kappa shape index (κ2) is 23.5. The largest absolute Gasteiger partial charge is 0.330 e. The standard InChI is InChI=1S/C8H21N3.3ClH/c9-5-1-3-7-11-8-4-2-6-10;;;/h11H,1-10H2;3*1H. The maximum absolute atomic E-state index is 5.35. The SMILES string of the molecule is Cl.Cl.Cl.NCCCCNCCCCN. The fourth-order valence-corrected chi connectivity index (χ4v) is 0.914. The monoisotopic (exact) mass is 267 g/mol. The van der Waals surface area contributed by atoms with Gasteiger partial charge in [0.25, 0.3) is 0 Å². The van der Waals surface area contributed by atoms with Crippen LogP contribution in [0.4, 0.5) is 0 Å². The van der Waals surface area contributed by atoms with Gasteiger partial charge in [-0.3, -0.25) is 0 Å². The molecular formula is C8H24Cl3N3. The van der Waals surface area contributed by atoms with Crippen LogP contribution in [-0.4, -0.2) is 26.2 Å². The first kappa shape index (κ1) is 24.1. The molecule has 3 nitrogen and oxygen atoms in total. The van der Waals surface area contributed by atoms with Crippen LogP contribution in [0, 0.1) is 0 Å². The van der Waals surface area contributed by atoms with Gasteiger partial charge in [-0.15, -0.1) is 37.2 Å². The average Bonchev–Trinajstić information content (AvgIpc) is 2.03. The zero-order valence-corrected chi connectivity index (χ0v) is 11.0. The molecular weight excluding hydrogens is 244 g/mol. The molecule has 0 aliphatic heterocycles. The summed E-state index contributed by atoms with van der Waals surface area (Å²) in [5.41, 5.74) is 10.7. The molecule has 0 rings (SSSR count). The predicted molar refractivity (Wildman–Crippen MR) is 71.2 cm³/mol. The summed E-state index contributed by atoms with van der Waals surface area (Å²) < 4.78 is 0. The van der Waals surface area contributed by atoms with E-state index in [0.717, 1.165) is 39.0 Å². The molecule has 0 atom stereocenters. The van der Waals surface area contributed by atoms with Crippen molar-refractivity contribution in [2.75, 3.05) is 26.2 Å².